The molecule has 224 valence electrons. The number of carboxylic acid groups (broad SMARTS) is 1. The molecule has 0 saturated carbocycles. The lowest BCUT2D eigenvalue weighted by atomic mass is 9.99. The average Bonchev–Trinajstić information content (AvgIpc) is 3.48. The number of benzene rings is 2. The summed E-state index contributed by atoms with van der Waals surface area (Å²) in [6.45, 7) is 2.96. The van der Waals surface area contributed by atoms with Crippen LogP contribution in [0.4, 0.5) is 0 Å². The molecule has 1 atom stereocenters. The molecular weight excluding hydrogens is 558 g/mol. The highest BCUT2D eigenvalue weighted by Crippen LogP contribution is 2.30. The van der Waals surface area contributed by atoms with E-state index < -0.39 is 12.0 Å². The molecule has 2 heterocycles. The maximum Gasteiger partial charge on any atom is 0.326 e. The molecule has 0 spiro atoms. The van der Waals surface area contributed by atoms with Crippen molar-refractivity contribution in [2.24, 2.45) is 0 Å². The van der Waals surface area contributed by atoms with E-state index in [-0.39, 0.29) is 12.3 Å². The molecule has 7 nitrogen and oxygen atoms in total. The minimum absolute atomic E-state index is 0.185. The first-order chi connectivity index (χ1) is 21.0. The molecule has 4 aromatic rings. The highest BCUT2D eigenvalue weighted by atomic mass is 32.1. The Morgan fingerprint density at radius 1 is 0.907 bits per heavy atom. The Morgan fingerprint density at radius 3 is 2.30 bits per heavy atom. The number of carbonyl (C=O) groups is 2. The molecule has 1 aliphatic carbocycles. The van der Waals surface area contributed by atoms with Gasteiger partial charge in [-0.15, -0.1) is 11.3 Å². The zero-order chi connectivity index (χ0) is 30.0. The van der Waals surface area contributed by atoms with Crippen molar-refractivity contribution in [3.05, 3.63) is 87.9 Å². The van der Waals surface area contributed by atoms with Gasteiger partial charge in [0.05, 0.1) is 11.5 Å². The summed E-state index contributed by atoms with van der Waals surface area (Å²) >= 11 is 1.48. The largest absolute Gasteiger partial charge is 0.494 e. The Balaban J connectivity index is 1.15. The summed E-state index contributed by atoms with van der Waals surface area (Å²) < 4.78 is 5.87. The lowest BCUT2D eigenvalue weighted by Crippen LogP contribution is -2.42. The zero-order valence-electron chi connectivity index (χ0n) is 24.7. The van der Waals surface area contributed by atoms with Crippen LogP contribution in [0.3, 0.4) is 0 Å². The second-order valence-electron chi connectivity index (χ2n) is 11.1. The molecule has 0 radical (unpaired) electrons. The number of carboxylic acids is 1. The number of rotatable bonds is 14. The second kappa shape index (κ2) is 14.9. The standard InChI is InChI=1S/C35H39N3O4S/c1-2-3-4-5-8-19-42-29-17-15-25(16-18-29)28-22-36-33(37-23-28)26-13-11-24(12-14-26)20-30(35(40)41)38-34(39)32-21-27-9-6-7-10-31(27)43-32/h11-18,21-23,30H,2-10,19-20H2,1H3,(H,38,39)(H,40,41)/t30-/m0/s1. The smallest absolute Gasteiger partial charge is 0.326 e. The number of aryl methyl sites for hydroxylation is 2. The molecule has 1 amide bonds. The molecule has 0 fully saturated rings. The minimum Gasteiger partial charge on any atom is -0.494 e. The van der Waals surface area contributed by atoms with Gasteiger partial charge in [0.25, 0.3) is 5.91 Å². The van der Waals surface area contributed by atoms with Crippen LogP contribution in [-0.4, -0.2) is 39.6 Å². The molecule has 5 rings (SSSR count). The Labute approximate surface area is 257 Å². The van der Waals surface area contributed by atoms with Crippen LogP contribution < -0.4 is 10.1 Å². The molecule has 0 aliphatic heterocycles. The number of thiophene rings is 1. The molecular formula is C35H39N3O4S. The van der Waals surface area contributed by atoms with Gasteiger partial charge in [0.15, 0.2) is 5.82 Å². The number of aromatic nitrogens is 2. The van der Waals surface area contributed by atoms with Gasteiger partial charge in [-0.2, -0.15) is 0 Å². The number of carbonyl (C=O) groups excluding carboxylic acids is 1. The van der Waals surface area contributed by atoms with Crippen LogP contribution in [0.2, 0.25) is 0 Å². The topological polar surface area (TPSA) is 101 Å². The summed E-state index contributed by atoms with van der Waals surface area (Å²) in [6.07, 6.45) is 14.1. The number of aliphatic carboxylic acids is 1. The zero-order valence-corrected chi connectivity index (χ0v) is 25.5. The van der Waals surface area contributed by atoms with Gasteiger partial charge in [-0.05, 0) is 67.0 Å². The SMILES string of the molecule is CCCCCCCOc1ccc(-c2cnc(-c3ccc(C[C@H](NC(=O)c4cc5c(s4)CCCC5)C(=O)O)cc3)nc2)cc1. The van der Waals surface area contributed by atoms with Crippen LogP contribution in [0.15, 0.2) is 67.0 Å². The Hall–Kier alpha value is -4.04. The van der Waals surface area contributed by atoms with Crippen LogP contribution in [0.1, 0.15) is 77.5 Å². The third kappa shape index (κ3) is 8.29. The maximum atomic E-state index is 12.8. The average molecular weight is 598 g/mol. The minimum atomic E-state index is -1.06. The van der Waals surface area contributed by atoms with Crippen molar-refractivity contribution in [2.75, 3.05) is 6.61 Å². The van der Waals surface area contributed by atoms with Gasteiger partial charge in [-0.25, -0.2) is 14.8 Å². The van der Waals surface area contributed by atoms with Crippen molar-refractivity contribution in [1.29, 1.82) is 0 Å². The van der Waals surface area contributed by atoms with E-state index in [1.54, 1.807) is 12.4 Å². The van der Waals surface area contributed by atoms with Gasteiger partial charge in [0.1, 0.15) is 11.8 Å². The van der Waals surface area contributed by atoms with E-state index in [1.165, 1.54) is 47.5 Å². The lowest BCUT2D eigenvalue weighted by molar-refractivity contribution is -0.139. The van der Waals surface area contributed by atoms with Crippen molar-refractivity contribution in [1.82, 2.24) is 15.3 Å². The van der Waals surface area contributed by atoms with Crippen LogP contribution in [0.25, 0.3) is 22.5 Å². The number of ether oxygens (including phenoxy) is 1. The van der Waals surface area contributed by atoms with E-state index >= 15 is 0 Å². The molecule has 0 unspecified atom stereocenters. The fourth-order valence-electron chi connectivity index (χ4n) is 5.32. The number of hydrogen-bond donors (Lipinski definition) is 2. The Morgan fingerprint density at radius 2 is 1.60 bits per heavy atom. The normalized spacial score (nSPS) is 13.2. The molecule has 1 aliphatic rings. The van der Waals surface area contributed by atoms with Crippen molar-refractivity contribution in [3.63, 3.8) is 0 Å². The van der Waals surface area contributed by atoms with Crippen molar-refractivity contribution >= 4 is 23.2 Å². The lowest BCUT2D eigenvalue weighted by Gasteiger charge is -2.14. The van der Waals surface area contributed by atoms with Gasteiger partial charge < -0.3 is 15.2 Å². The third-order valence-electron chi connectivity index (χ3n) is 7.83. The summed E-state index contributed by atoms with van der Waals surface area (Å²) in [4.78, 5) is 35.8. The quantitative estimate of drug-likeness (QED) is 0.146. The number of fused-ring (bicyclic) bond motifs is 1. The van der Waals surface area contributed by atoms with E-state index in [1.807, 2.05) is 54.6 Å². The summed E-state index contributed by atoms with van der Waals surface area (Å²) in [5.74, 6) is 0.0754. The first-order valence-electron chi connectivity index (χ1n) is 15.3. The third-order valence-corrected chi connectivity index (χ3v) is 9.07. The summed E-state index contributed by atoms with van der Waals surface area (Å²) in [6, 6.07) is 16.4. The molecule has 2 N–H and O–H groups in total. The van der Waals surface area contributed by atoms with E-state index in [0.717, 1.165) is 66.7 Å². The summed E-state index contributed by atoms with van der Waals surface area (Å²) in [7, 11) is 0. The summed E-state index contributed by atoms with van der Waals surface area (Å²) in [5, 5.41) is 12.5. The predicted octanol–water partition coefficient (Wildman–Crippen LogP) is 7.53. The number of amides is 1. The molecule has 0 bridgehead atoms. The van der Waals surface area contributed by atoms with Crippen LogP contribution in [0, 0.1) is 0 Å². The molecule has 2 aromatic heterocycles. The fraction of sp³-hybridized carbons (Fsp3) is 0.371. The van der Waals surface area contributed by atoms with Gasteiger partial charge in [-0.3, -0.25) is 4.79 Å². The number of nitrogens with one attached hydrogen (secondary N) is 1. The summed E-state index contributed by atoms with van der Waals surface area (Å²) in [5.41, 5.74) is 4.80. The number of unbranched alkanes of at least 4 members (excludes halogenated alkanes) is 4. The van der Waals surface area contributed by atoms with Crippen LogP contribution in [0.5, 0.6) is 5.75 Å². The molecule has 8 heteroatoms. The molecule has 0 saturated heterocycles. The van der Waals surface area contributed by atoms with E-state index in [0.29, 0.717) is 10.7 Å². The molecule has 2 aromatic carbocycles. The van der Waals surface area contributed by atoms with E-state index in [2.05, 4.69) is 22.2 Å². The maximum absolute atomic E-state index is 12.8. The monoisotopic (exact) mass is 597 g/mol. The second-order valence-corrected chi connectivity index (χ2v) is 12.3. The first kappa shape index (κ1) is 30.4. The van der Waals surface area contributed by atoms with E-state index in [9.17, 15) is 14.7 Å². The van der Waals surface area contributed by atoms with Gasteiger partial charge >= 0.3 is 5.97 Å². The van der Waals surface area contributed by atoms with Gasteiger partial charge in [0.2, 0.25) is 0 Å². The Bertz CT molecular complexity index is 1470. The highest BCUT2D eigenvalue weighted by Gasteiger charge is 2.24. The van der Waals surface area contributed by atoms with Crippen LogP contribution in [-0.2, 0) is 24.1 Å². The van der Waals surface area contributed by atoms with Crippen molar-refractivity contribution < 1.29 is 19.4 Å². The molecule has 43 heavy (non-hydrogen) atoms. The first-order valence-corrected chi connectivity index (χ1v) is 16.1. The fourth-order valence-corrected chi connectivity index (χ4v) is 6.48. The van der Waals surface area contributed by atoms with Gasteiger partial charge in [-0.1, -0.05) is 69.0 Å². The predicted molar refractivity (Wildman–Crippen MR) is 171 cm³/mol. The number of hydrogen-bond acceptors (Lipinski definition) is 6. The van der Waals surface area contributed by atoms with Crippen molar-refractivity contribution in [3.8, 4) is 28.3 Å². The number of nitrogens with zero attached hydrogens (tertiary/aromatic N) is 2. The highest BCUT2D eigenvalue weighted by molar-refractivity contribution is 7.14. The van der Waals surface area contributed by atoms with Crippen LogP contribution >= 0.6 is 11.3 Å². The van der Waals surface area contributed by atoms with E-state index in [4.69, 9.17) is 4.74 Å². The van der Waals surface area contributed by atoms with Gasteiger partial charge in [0, 0.05) is 34.8 Å². The Kier molecular flexibility index (Phi) is 10.6. The van der Waals surface area contributed by atoms with Crippen molar-refractivity contribution in [2.45, 2.75) is 77.2 Å².